The molecular weight excluding hydrogens is 296 g/mol. The SMILES string of the molecule is CC(C)N(C)Cc1cnc2n1CCN(C(=O)c1ccsc1)C2. The van der Waals surface area contributed by atoms with E-state index in [2.05, 4.69) is 35.3 Å². The van der Waals surface area contributed by atoms with Crippen LogP contribution in [0.25, 0.3) is 0 Å². The van der Waals surface area contributed by atoms with Gasteiger partial charge in [-0.25, -0.2) is 4.98 Å². The number of thiophene rings is 1. The van der Waals surface area contributed by atoms with E-state index in [0.717, 1.165) is 31.0 Å². The lowest BCUT2D eigenvalue weighted by Crippen LogP contribution is -2.39. The fourth-order valence-electron chi connectivity index (χ4n) is 2.63. The van der Waals surface area contributed by atoms with Crippen LogP contribution in [0.4, 0.5) is 0 Å². The van der Waals surface area contributed by atoms with Crippen molar-refractivity contribution in [2.24, 2.45) is 0 Å². The lowest BCUT2D eigenvalue weighted by molar-refractivity contribution is 0.0706. The van der Waals surface area contributed by atoms with Crippen molar-refractivity contribution in [2.45, 2.75) is 39.5 Å². The molecule has 0 spiro atoms. The first kappa shape index (κ1) is 15.2. The van der Waals surface area contributed by atoms with Crippen LogP contribution in [0.5, 0.6) is 0 Å². The molecule has 0 N–H and O–H groups in total. The van der Waals surface area contributed by atoms with Gasteiger partial charge >= 0.3 is 0 Å². The van der Waals surface area contributed by atoms with Crippen LogP contribution in [0.2, 0.25) is 0 Å². The van der Waals surface area contributed by atoms with Crippen molar-refractivity contribution < 1.29 is 4.79 Å². The summed E-state index contributed by atoms with van der Waals surface area (Å²) in [6.45, 7) is 7.44. The molecule has 2 aromatic heterocycles. The third-order valence-electron chi connectivity index (χ3n) is 4.29. The fourth-order valence-corrected chi connectivity index (χ4v) is 3.26. The summed E-state index contributed by atoms with van der Waals surface area (Å²) < 4.78 is 2.26. The second-order valence-electron chi connectivity index (χ2n) is 6.06. The average molecular weight is 318 g/mol. The molecule has 22 heavy (non-hydrogen) atoms. The van der Waals surface area contributed by atoms with E-state index in [1.54, 1.807) is 11.3 Å². The van der Waals surface area contributed by atoms with Gasteiger partial charge in [0, 0.05) is 37.3 Å². The number of rotatable bonds is 4. The van der Waals surface area contributed by atoms with Crippen LogP contribution >= 0.6 is 11.3 Å². The van der Waals surface area contributed by atoms with Crippen molar-refractivity contribution in [3.8, 4) is 0 Å². The van der Waals surface area contributed by atoms with Gasteiger partial charge < -0.3 is 9.47 Å². The van der Waals surface area contributed by atoms with Crippen molar-refractivity contribution in [2.75, 3.05) is 13.6 Å². The molecule has 0 bridgehead atoms. The van der Waals surface area contributed by atoms with Gasteiger partial charge in [-0.3, -0.25) is 9.69 Å². The van der Waals surface area contributed by atoms with E-state index >= 15 is 0 Å². The fraction of sp³-hybridized carbons (Fsp3) is 0.500. The highest BCUT2D eigenvalue weighted by Crippen LogP contribution is 2.19. The maximum absolute atomic E-state index is 12.4. The number of carbonyl (C=O) groups is 1. The molecule has 2 aromatic rings. The van der Waals surface area contributed by atoms with Gasteiger partial charge in [0.05, 0.1) is 17.8 Å². The molecule has 1 aliphatic heterocycles. The molecule has 0 fully saturated rings. The summed E-state index contributed by atoms with van der Waals surface area (Å²) >= 11 is 1.56. The maximum Gasteiger partial charge on any atom is 0.255 e. The summed E-state index contributed by atoms with van der Waals surface area (Å²) in [6.07, 6.45) is 1.95. The van der Waals surface area contributed by atoms with Crippen LogP contribution in [0.1, 0.15) is 35.7 Å². The van der Waals surface area contributed by atoms with Crippen molar-refractivity contribution in [3.63, 3.8) is 0 Å². The van der Waals surface area contributed by atoms with Crippen LogP contribution in [0.15, 0.2) is 23.0 Å². The Morgan fingerprint density at radius 2 is 2.27 bits per heavy atom. The zero-order valence-corrected chi connectivity index (χ0v) is 14.1. The number of aromatic nitrogens is 2. The minimum atomic E-state index is 0.108. The van der Waals surface area contributed by atoms with Crippen LogP contribution in [-0.2, 0) is 19.6 Å². The summed E-state index contributed by atoms with van der Waals surface area (Å²) in [5, 5.41) is 3.85. The highest BCUT2D eigenvalue weighted by atomic mass is 32.1. The number of fused-ring (bicyclic) bond motifs is 1. The maximum atomic E-state index is 12.4. The lowest BCUT2D eigenvalue weighted by Gasteiger charge is -2.29. The number of amides is 1. The Bertz CT molecular complexity index is 647. The highest BCUT2D eigenvalue weighted by molar-refractivity contribution is 7.08. The van der Waals surface area contributed by atoms with Gasteiger partial charge in [0.25, 0.3) is 5.91 Å². The first-order valence-electron chi connectivity index (χ1n) is 7.61. The van der Waals surface area contributed by atoms with Gasteiger partial charge in [0.15, 0.2) is 0 Å². The Kier molecular flexibility index (Phi) is 4.31. The van der Waals surface area contributed by atoms with Crippen molar-refractivity contribution in [3.05, 3.63) is 40.1 Å². The molecule has 1 amide bonds. The Hall–Kier alpha value is -1.66. The predicted octanol–water partition coefficient (Wildman–Crippen LogP) is 2.44. The molecule has 3 heterocycles. The summed E-state index contributed by atoms with van der Waals surface area (Å²) in [5.74, 6) is 1.10. The number of carbonyl (C=O) groups excluding carboxylic acids is 1. The normalized spacial score (nSPS) is 14.7. The molecule has 0 unspecified atom stereocenters. The van der Waals surface area contributed by atoms with Gasteiger partial charge in [-0.1, -0.05) is 0 Å². The van der Waals surface area contributed by atoms with E-state index in [1.165, 1.54) is 5.69 Å². The van der Waals surface area contributed by atoms with Crippen molar-refractivity contribution in [1.82, 2.24) is 19.4 Å². The van der Waals surface area contributed by atoms with Crippen LogP contribution in [0, 0.1) is 0 Å². The first-order valence-corrected chi connectivity index (χ1v) is 8.55. The van der Waals surface area contributed by atoms with Gasteiger partial charge in [-0.15, -0.1) is 0 Å². The highest BCUT2D eigenvalue weighted by Gasteiger charge is 2.24. The predicted molar refractivity (Wildman–Crippen MR) is 87.9 cm³/mol. The average Bonchev–Trinajstić information content (AvgIpc) is 3.16. The van der Waals surface area contributed by atoms with Crippen molar-refractivity contribution >= 4 is 17.2 Å². The largest absolute Gasteiger partial charge is 0.329 e. The number of hydrogen-bond acceptors (Lipinski definition) is 4. The number of imidazole rings is 1. The summed E-state index contributed by atoms with van der Waals surface area (Å²) in [7, 11) is 2.12. The van der Waals surface area contributed by atoms with Gasteiger partial charge in [-0.2, -0.15) is 11.3 Å². The summed E-state index contributed by atoms with van der Waals surface area (Å²) in [4.78, 5) is 21.1. The smallest absolute Gasteiger partial charge is 0.255 e. The molecule has 0 radical (unpaired) electrons. The first-order chi connectivity index (χ1) is 10.6. The second kappa shape index (κ2) is 6.22. The molecule has 0 aliphatic carbocycles. The van der Waals surface area contributed by atoms with Gasteiger partial charge in [0.1, 0.15) is 5.82 Å². The van der Waals surface area contributed by atoms with E-state index in [-0.39, 0.29) is 5.91 Å². The van der Waals surface area contributed by atoms with Crippen LogP contribution < -0.4 is 0 Å². The third kappa shape index (κ3) is 2.94. The zero-order chi connectivity index (χ0) is 15.7. The molecule has 118 valence electrons. The molecule has 0 atom stereocenters. The molecule has 6 heteroatoms. The van der Waals surface area contributed by atoms with E-state index in [4.69, 9.17) is 0 Å². The summed E-state index contributed by atoms with van der Waals surface area (Å²) in [6, 6.07) is 2.39. The molecule has 0 aromatic carbocycles. The van der Waals surface area contributed by atoms with E-state index in [9.17, 15) is 4.79 Å². The monoisotopic (exact) mass is 318 g/mol. The molecule has 0 saturated heterocycles. The molecule has 0 saturated carbocycles. The zero-order valence-electron chi connectivity index (χ0n) is 13.3. The Morgan fingerprint density at radius 1 is 1.45 bits per heavy atom. The van der Waals surface area contributed by atoms with E-state index < -0.39 is 0 Å². The van der Waals surface area contributed by atoms with E-state index in [1.807, 2.05) is 27.9 Å². The third-order valence-corrected chi connectivity index (χ3v) is 4.98. The van der Waals surface area contributed by atoms with E-state index in [0.29, 0.717) is 12.6 Å². The quantitative estimate of drug-likeness (QED) is 0.869. The van der Waals surface area contributed by atoms with Crippen LogP contribution in [0.3, 0.4) is 0 Å². The minimum absolute atomic E-state index is 0.108. The topological polar surface area (TPSA) is 41.4 Å². The molecular formula is C16H22N4OS. The second-order valence-corrected chi connectivity index (χ2v) is 6.85. The summed E-state index contributed by atoms with van der Waals surface area (Å²) in [5.41, 5.74) is 2.01. The Balaban J connectivity index is 1.72. The van der Waals surface area contributed by atoms with Gasteiger partial charge in [-0.05, 0) is 32.3 Å². The van der Waals surface area contributed by atoms with Crippen molar-refractivity contribution in [1.29, 1.82) is 0 Å². The Labute approximate surface area is 135 Å². The van der Waals surface area contributed by atoms with Crippen LogP contribution in [-0.4, -0.2) is 44.9 Å². The molecule has 3 rings (SSSR count). The minimum Gasteiger partial charge on any atom is -0.329 e. The van der Waals surface area contributed by atoms with Gasteiger partial charge in [0.2, 0.25) is 0 Å². The Morgan fingerprint density at radius 3 is 2.95 bits per heavy atom. The number of nitrogens with zero attached hydrogens (tertiary/aromatic N) is 4. The lowest BCUT2D eigenvalue weighted by atomic mass is 10.2. The molecule has 1 aliphatic rings. The standard InChI is InChI=1S/C16H22N4OS/c1-12(2)18(3)9-14-8-17-15-10-19(5-6-20(14)15)16(21)13-4-7-22-11-13/h4,7-8,11-12H,5-6,9-10H2,1-3H3. The molecule has 5 nitrogen and oxygen atoms in total. The number of hydrogen-bond donors (Lipinski definition) is 0.